The molecule has 4 heteroatoms. The Kier molecular flexibility index (Phi) is 6.69. The van der Waals surface area contributed by atoms with E-state index in [1.54, 1.807) is 18.3 Å². The smallest absolute Gasteiger partial charge is 0.311 e. The Morgan fingerprint density at radius 3 is 2.41 bits per heavy atom. The van der Waals surface area contributed by atoms with E-state index in [9.17, 15) is 4.79 Å². The van der Waals surface area contributed by atoms with Gasteiger partial charge in [-0.05, 0) is 30.5 Å². The maximum absolute atomic E-state index is 11.6. The lowest BCUT2D eigenvalue weighted by molar-refractivity contribution is -0.134. The zero-order chi connectivity index (χ0) is 15.5. The first-order valence-electron chi connectivity index (χ1n) is 7.28. The largest absolute Gasteiger partial charge is 0.427 e. The van der Waals surface area contributed by atoms with Crippen LogP contribution in [-0.2, 0) is 16.2 Å². The van der Waals surface area contributed by atoms with Crippen molar-refractivity contribution in [1.82, 2.24) is 0 Å². The number of hydrogen-bond acceptors (Lipinski definition) is 4. The third kappa shape index (κ3) is 6.22. The highest BCUT2D eigenvalue weighted by Gasteiger charge is 2.03. The first-order valence-corrected chi connectivity index (χ1v) is 7.28. The number of para-hydroxylation sites is 1. The fourth-order valence-corrected chi connectivity index (χ4v) is 1.80. The van der Waals surface area contributed by atoms with Crippen molar-refractivity contribution < 1.29 is 14.4 Å². The number of esters is 1. The van der Waals surface area contributed by atoms with Gasteiger partial charge in [0, 0.05) is 12.6 Å². The second kappa shape index (κ2) is 9.34. The van der Waals surface area contributed by atoms with E-state index in [0.29, 0.717) is 31.6 Å². The normalized spacial score (nSPS) is 10.5. The molecule has 0 aliphatic rings. The predicted molar refractivity (Wildman–Crippen MR) is 85.7 cm³/mol. The monoisotopic (exact) mass is 297 g/mol. The molecule has 0 aliphatic carbocycles. The first-order chi connectivity index (χ1) is 10.8. The van der Waals surface area contributed by atoms with Gasteiger partial charge in [0.05, 0.1) is 0 Å². The fraction of sp³-hybridized carbons (Fsp3) is 0.222. The number of unbranched alkanes of at least 4 members (excludes halogenated alkanes) is 1. The number of hydrogen-bond donors (Lipinski definition) is 0. The molecule has 0 fully saturated rings. The number of carbonyl (C=O) groups is 1. The van der Waals surface area contributed by atoms with E-state index < -0.39 is 0 Å². The lowest BCUT2D eigenvalue weighted by atomic mass is 10.2. The van der Waals surface area contributed by atoms with Crippen LogP contribution < -0.4 is 4.74 Å². The highest BCUT2D eigenvalue weighted by atomic mass is 16.6. The molecule has 4 nitrogen and oxygen atoms in total. The van der Waals surface area contributed by atoms with Gasteiger partial charge < -0.3 is 9.57 Å². The van der Waals surface area contributed by atoms with Crippen LogP contribution >= 0.6 is 0 Å². The van der Waals surface area contributed by atoms with Crippen LogP contribution in [0.25, 0.3) is 0 Å². The van der Waals surface area contributed by atoms with Crippen LogP contribution in [0.15, 0.2) is 65.8 Å². The quantitative estimate of drug-likeness (QED) is 0.243. The topological polar surface area (TPSA) is 47.9 Å². The molecule has 0 bridgehead atoms. The molecule has 0 heterocycles. The van der Waals surface area contributed by atoms with E-state index in [-0.39, 0.29) is 5.97 Å². The highest BCUT2D eigenvalue weighted by molar-refractivity contribution is 5.72. The zero-order valence-electron chi connectivity index (χ0n) is 12.4. The van der Waals surface area contributed by atoms with E-state index in [1.165, 1.54) is 0 Å². The average molecular weight is 297 g/mol. The maximum Gasteiger partial charge on any atom is 0.311 e. The Bertz CT molecular complexity index is 582. The zero-order valence-corrected chi connectivity index (χ0v) is 12.4. The Morgan fingerprint density at radius 1 is 1.00 bits per heavy atom. The average Bonchev–Trinajstić information content (AvgIpc) is 2.56. The van der Waals surface area contributed by atoms with Gasteiger partial charge in [0.2, 0.25) is 0 Å². The molecule has 2 aromatic rings. The summed E-state index contributed by atoms with van der Waals surface area (Å²) < 4.78 is 5.19. The van der Waals surface area contributed by atoms with Crippen molar-refractivity contribution in [3.8, 4) is 5.75 Å². The lowest BCUT2D eigenvalue weighted by Gasteiger charge is -2.02. The van der Waals surface area contributed by atoms with Crippen molar-refractivity contribution in [2.24, 2.45) is 5.16 Å². The Labute approximate surface area is 130 Å². The molecule has 0 saturated carbocycles. The minimum absolute atomic E-state index is 0.232. The van der Waals surface area contributed by atoms with E-state index in [2.05, 4.69) is 5.16 Å². The number of carbonyl (C=O) groups excluding carboxylic acids is 1. The van der Waals surface area contributed by atoms with Gasteiger partial charge in [-0.3, -0.25) is 4.79 Å². The molecule has 0 radical (unpaired) electrons. The summed E-state index contributed by atoms with van der Waals surface area (Å²) in [5.41, 5.74) is 1.08. The highest BCUT2D eigenvalue weighted by Crippen LogP contribution is 2.10. The second-order valence-corrected chi connectivity index (χ2v) is 4.73. The third-order valence-corrected chi connectivity index (χ3v) is 2.91. The molecular weight excluding hydrogens is 278 g/mol. The lowest BCUT2D eigenvalue weighted by Crippen LogP contribution is -2.07. The predicted octanol–water partition coefficient (Wildman–Crippen LogP) is 3.96. The summed E-state index contributed by atoms with van der Waals surface area (Å²) in [7, 11) is 0. The van der Waals surface area contributed by atoms with Crippen molar-refractivity contribution in [3.05, 3.63) is 66.2 Å². The fourth-order valence-electron chi connectivity index (χ4n) is 1.80. The SMILES string of the molecule is O=C(CCC/C=N/OCc1ccccc1)Oc1ccccc1. The molecule has 0 amide bonds. The third-order valence-electron chi connectivity index (χ3n) is 2.91. The molecule has 0 aliphatic heterocycles. The van der Waals surface area contributed by atoms with E-state index in [0.717, 1.165) is 5.56 Å². The number of rotatable bonds is 8. The molecule has 0 spiro atoms. The number of benzene rings is 2. The van der Waals surface area contributed by atoms with Gasteiger partial charge in [-0.2, -0.15) is 0 Å². The summed E-state index contributed by atoms with van der Waals surface area (Å²) in [5, 5.41) is 3.87. The second-order valence-electron chi connectivity index (χ2n) is 4.73. The number of oxime groups is 1. The van der Waals surface area contributed by atoms with Gasteiger partial charge in [-0.1, -0.05) is 53.7 Å². The van der Waals surface area contributed by atoms with E-state index in [4.69, 9.17) is 9.57 Å². The van der Waals surface area contributed by atoms with E-state index in [1.807, 2.05) is 48.5 Å². The van der Waals surface area contributed by atoms with Gasteiger partial charge in [0.15, 0.2) is 0 Å². The van der Waals surface area contributed by atoms with Crippen molar-refractivity contribution in [1.29, 1.82) is 0 Å². The van der Waals surface area contributed by atoms with Crippen LogP contribution in [0.5, 0.6) is 5.75 Å². The van der Waals surface area contributed by atoms with Crippen LogP contribution in [0.3, 0.4) is 0 Å². The van der Waals surface area contributed by atoms with Crippen LogP contribution in [0.4, 0.5) is 0 Å². The molecule has 22 heavy (non-hydrogen) atoms. The molecular formula is C18H19NO3. The Hall–Kier alpha value is -2.62. The minimum Gasteiger partial charge on any atom is -0.427 e. The summed E-state index contributed by atoms with van der Waals surface area (Å²) in [6, 6.07) is 18.9. The van der Waals surface area contributed by atoms with E-state index >= 15 is 0 Å². The summed E-state index contributed by atoms with van der Waals surface area (Å²) in [6.45, 7) is 0.452. The standard InChI is InChI=1S/C18H19NO3/c20-18(22-17-11-5-2-6-12-17)13-7-8-14-19-21-15-16-9-3-1-4-10-16/h1-6,9-12,14H,7-8,13,15H2/b19-14+. The van der Waals surface area contributed by atoms with Crippen molar-refractivity contribution in [2.45, 2.75) is 25.9 Å². The van der Waals surface area contributed by atoms with Crippen molar-refractivity contribution in [3.63, 3.8) is 0 Å². The Balaban J connectivity index is 1.55. The summed E-state index contributed by atoms with van der Waals surface area (Å²) >= 11 is 0. The van der Waals surface area contributed by atoms with Crippen LogP contribution in [0.2, 0.25) is 0 Å². The van der Waals surface area contributed by atoms with Crippen molar-refractivity contribution >= 4 is 12.2 Å². The van der Waals surface area contributed by atoms with Gasteiger partial charge in [-0.25, -0.2) is 0 Å². The first kappa shape index (κ1) is 15.8. The molecule has 0 saturated heterocycles. The maximum atomic E-state index is 11.6. The van der Waals surface area contributed by atoms with Gasteiger partial charge in [0.25, 0.3) is 0 Å². The van der Waals surface area contributed by atoms with Crippen LogP contribution in [0, 0.1) is 0 Å². The van der Waals surface area contributed by atoms with Gasteiger partial charge in [0.1, 0.15) is 12.4 Å². The summed E-state index contributed by atoms with van der Waals surface area (Å²) in [4.78, 5) is 16.8. The summed E-state index contributed by atoms with van der Waals surface area (Å²) in [6.07, 6.45) is 3.40. The van der Waals surface area contributed by atoms with Gasteiger partial charge >= 0.3 is 5.97 Å². The molecule has 0 unspecified atom stereocenters. The van der Waals surface area contributed by atoms with Gasteiger partial charge in [-0.15, -0.1) is 0 Å². The molecule has 114 valence electrons. The molecule has 2 rings (SSSR count). The molecule has 0 aromatic heterocycles. The molecule has 2 aromatic carbocycles. The number of nitrogens with zero attached hydrogens (tertiary/aromatic N) is 1. The number of ether oxygens (including phenoxy) is 1. The summed E-state index contributed by atoms with van der Waals surface area (Å²) in [5.74, 6) is 0.345. The Morgan fingerprint density at radius 2 is 1.68 bits per heavy atom. The molecule has 0 N–H and O–H groups in total. The molecule has 0 atom stereocenters. The van der Waals surface area contributed by atoms with Crippen LogP contribution in [-0.4, -0.2) is 12.2 Å². The van der Waals surface area contributed by atoms with Crippen molar-refractivity contribution in [2.75, 3.05) is 0 Å². The van der Waals surface area contributed by atoms with Crippen LogP contribution in [0.1, 0.15) is 24.8 Å². The minimum atomic E-state index is -0.232.